The van der Waals surface area contributed by atoms with Crippen LogP contribution in [0.25, 0.3) is 5.57 Å². The Hall–Kier alpha value is -2.80. The van der Waals surface area contributed by atoms with Gasteiger partial charge in [-0.25, -0.2) is 0 Å². The first kappa shape index (κ1) is 19.0. The maximum atomic E-state index is 12.9. The zero-order valence-corrected chi connectivity index (χ0v) is 16.0. The highest BCUT2D eigenvalue weighted by atomic mass is 32.2. The summed E-state index contributed by atoms with van der Waals surface area (Å²) >= 11 is 1.31. The molecule has 0 saturated carbocycles. The molecule has 0 bridgehead atoms. The number of amides is 3. The average Bonchev–Trinajstić information content (AvgIpc) is 3.23. The topological polar surface area (TPSA) is 79.6 Å². The molecular weight excluding hydrogens is 364 g/mol. The van der Waals surface area contributed by atoms with E-state index < -0.39 is 0 Å². The number of imide groups is 1. The van der Waals surface area contributed by atoms with Crippen molar-refractivity contribution in [3.05, 3.63) is 58.9 Å². The number of carbonyl (C=O) groups is 3. The molecule has 3 rings (SSSR count). The van der Waals surface area contributed by atoms with E-state index >= 15 is 0 Å². The molecule has 0 unspecified atom stereocenters. The van der Waals surface area contributed by atoms with Crippen LogP contribution in [-0.4, -0.2) is 29.2 Å². The minimum atomic E-state index is -0.281. The fraction of sp³-hybridized carbons (Fsp3) is 0.250. The smallest absolute Gasteiger partial charge is 0.267 e. The predicted octanol–water partition coefficient (Wildman–Crippen LogP) is 3.66. The van der Waals surface area contributed by atoms with E-state index in [4.69, 9.17) is 4.42 Å². The second-order valence-electron chi connectivity index (χ2n) is 6.09. The molecule has 0 fully saturated rings. The van der Waals surface area contributed by atoms with Gasteiger partial charge in [0.15, 0.2) is 0 Å². The maximum Gasteiger partial charge on any atom is 0.267 e. The van der Waals surface area contributed by atoms with E-state index in [1.807, 2.05) is 13.0 Å². The lowest BCUT2D eigenvalue weighted by Crippen LogP contribution is -2.32. The van der Waals surface area contributed by atoms with E-state index in [0.717, 1.165) is 5.76 Å². The lowest BCUT2D eigenvalue weighted by atomic mass is 10.1. The monoisotopic (exact) mass is 384 g/mol. The van der Waals surface area contributed by atoms with Crippen molar-refractivity contribution in [1.82, 2.24) is 4.90 Å². The zero-order valence-electron chi connectivity index (χ0n) is 15.2. The van der Waals surface area contributed by atoms with Crippen LogP contribution in [-0.2, 0) is 20.1 Å². The second-order valence-corrected chi connectivity index (χ2v) is 7.08. The largest absolute Gasteiger partial charge is 0.468 e. The van der Waals surface area contributed by atoms with Crippen LogP contribution in [0.1, 0.15) is 31.6 Å². The Morgan fingerprint density at radius 3 is 2.48 bits per heavy atom. The van der Waals surface area contributed by atoms with Crippen LogP contribution in [0.15, 0.2) is 52.0 Å². The van der Waals surface area contributed by atoms with Crippen LogP contribution in [0, 0.1) is 0 Å². The first-order chi connectivity index (χ1) is 13.0. The second kappa shape index (κ2) is 8.26. The third kappa shape index (κ3) is 4.14. The number of benzene rings is 1. The Morgan fingerprint density at radius 2 is 1.89 bits per heavy atom. The van der Waals surface area contributed by atoms with E-state index in [0.29, 0.717) is 40.4 Å². The highest BCUT2D eigenvalue weighted by molar-refractivity contribution is 8.03. The zero-order chi connectivity index (χ0) is 19.4. The van der Waals surface area contributed by atoms with Gasteiger partial charge in [0.25, 0.3) is 11.8 Å². The normalized spacial score (nSPS) is 14.2. The van der Waals surface area contributed by atoms with Gasteiger partial charge in [-0.2, -0.15) is 0 Å². The number of anilines is 1. The fourth-order valence-electron chi connectivity index (χ4n) is 2.83. The summed E-state index contributed by atoms with van der Waals surface area (Å²) in [5.74, 6) is 0.491. The third-order valence-electron chi connectivity index (χ3n) is 4.01. The molecule has 7 heteroatoms. The molecule has 1 aliphatic rings. The van der Waals surface area contributed by atoms with Crippen molar-refractivity contribution in [2.75, 3.05) is 11.9 Å². The van der Waals surface area contributed by atoms with Gasteiger partial charge >= 0.3 is 0 Å². The lowest BCUT2D eigenvalue weighted by Gasteiger charge is -2.13. The van der Waals surface area contributed by atoms with Gasteiger partial charge in [-0.15, -0.1) is 11.8 Å². The SMILES string of the molecule is CCCN1C(=O)C(SCc2ccco2)=C(c2ccc(NC(C)=O)cc2)C1=O. The average molecular weight is 384 g/mol. The molecule has 3 amide bonds. The molecule has 2 aromatic rings. The molecule has 1 aromatic heterocycles. The van der Waals surface area contributed by atoms with Crippen molar-refractivity contribution in [3.63, 3.8) is 0 Å². The summed E-state index contributed by atoms with van der Waals surface area (Å²) in [5.41, 5.74) is 1.70. The highest BCUT2D eigenvalue weighted by Crippen LogP contribution is 2.37. The highest BCUT2D eigenvalue weighted by Gasteiger charge is 2.38. The molecule has 0 radical (unpaired) electrons. The minimum Gasteiger partial charge on any atom is -0.468 e. The van der Waals surface area contributed by atoms with E-state index in [2.05, 4.69) is 5.32 Å². The standard InChI is InChI=1S/C20H20N2O4S/c1-3-10-22-19(24)17(14-6-8-15(9-7-14)21-13(2)23)18(20(22)25)27-12-16-5-4-11-26-16/h4-9,11H,3,10,12H2,1-2H3,(H,21,23). The van der Waals surface area contributed by atoms with Crippen molar-refractivity contribution < 1.29 is 18.8 Å². The fourth-order valence-corrected chi connectivity index (χ4v) is 3.86. The first-order valence-electron chi connectivity index (χ1n) is 8.65. The van der Waals surface area contributed by atoms with Crippen molar-refractivity contribution in [2.45, 2.75) is 26.0 Å². The Kier molecular flexibility index (Phi) is 5.81. The summed E-state index contributed by atoms with van der Waals surface area (Å²) in [5, 5.41) is 2.69. The molecule has 27 heavy (non-hydrogen) atoms. The Labute approximate surface area is 161 Å². The van der Waals surface area contributed by atoms with Crippen LogP contribution in [0.4, 0.5) is 5.69 Å². The number of nitrogens with zero attached hydrogens (tertiary/aromatic N) is 1. The summed E-state index contributed by atoms with van der Waals surface area (Å²) in [6.07, 6.45) is 2.28. The molecular formula is C20H20N2O4S. The van der Waals surface area contributed by atoms with Gasteiger partial charge in [-0.05, 0) is 36.2 Å². The molecule has 1 aliphatic heterocycles. The van der Waals surface area contributed by atoms with E-state index in [1.165, 1.54) is 23.6 Å². The number of carbonyl (C=O) groups excluding carboxylic acids is 3. The number of thioether (sulfide) groups is 1. The van der Waals surface area contributed by atoms with Crippen LogP contribution >= 0.6 is 11.8 Å². The van der Waals surface area contributed by atoms with Crippen LogP contribution in [0.5, 0.6) is 0 Å². The predicted molar refractivity (Wildman–Crippen MR) is 105 cm³/mol. The quantitative estimate of drug-likeness (QED) is 0.737. The molecule has 0 spiro atoms. The number of furan rings is 1. The molecule has 1 aromatic carbocycles. The van der Waals surface area contributed by atoms with Crippen LogP contribution < -0.4 is 5.32 Å². The van der Waals surface area contributed by atoms with E-state index in [-0.39, 0.29) is 17.7 Å². The molecule has 0 saturated heterocycles. The number of hydrogen-bond acceptors (Lipinski definition) is 5. The van der Waals surface area contributed by atoms with E-state index in [9.17, 15) is 14.4 Å². The van der Waals surface area contributed by atoms with Crippen molar-refractivity contribution in [2.24, 2.45) is 0 Å². The van der Waals surface area contributed by atoms with Crippen molar-refractivity contribution >= 4 is 40.7 Å². The maximum absolute atomic E-state index is 12.9. The Bertz CT molecular complexity index is 885. The van der Waals surface area contributed by atoms with Crippen molar-refractivity contribution in [1.29, 1.82) is 0 Å². The van der Waals surface area contributed by atoms with Gasteiger partial charge < -0.3 is 9.73 Å². The van der Waals surface area contributed by atoms with Gasteiger partial charge in [0, 0.05) is 19.2 Å². The Morgan fingerprint density at radius 1 is 1.15 bits per heavy atom. The summed E-state index contributed by atoms with van der Waals surface area (Å²) in [4.78, 5) is 38.6. The molecule has 6 nitrogen and oxygen atoms in total. The number of nitrogens with one attached hydrogen (secondary N) is 1. The third-order valence-corrected chi connectivity index (χ3v) is 5.10. The summed E-state index contributed by atoms with van der Waals surface area (Å²) < 4.78 is 5.33. The molecule has 2 heterocycles. The van der Waals surface area contributed by atoms with Gasteiger partial charge in [-0.3, -0.25) is 19.3 Å². The minimum absolute atomic E-state index is 0.169. The lowest BCUT2D eigenvalue weighted by molar-refractivity contribution is -0.136. The number of rotatable bonds is 7. The molecule has 0 aliphatic carbocycles. The summed E-state index contributed by atoms with van der Waals surface area (Å²) in [6.45, 7) is 3.74. The summed E-state index contributed by atoms with van der Waals surface area (Å²) in [6, 6.07) is 10.6. The molecule has 1 N–H and O–H groups in total. The number of hydrogen-bond donors (Lipinski definition) is 1. The van der Waals surface area contributed by atoms with Gasteiger partial charge in [0.2, 0.25) is 5.91 Å². The first-order valence-corrected chi connectivity index (χ1v) is 9.63. The Balaban J connectivity index is 1.93. The molecule has 0 atom stereocenters. The van der Waals surface area contributed by atoms with Crippen molar-refractivity contribution in [3.8, 4) is 0 Å². The summed E-state index contributed by atoms with van der Waals surface area (Å²) in [7, 11) is 0. The van der Waals surface area contributed by atoms with Gasteiger partial charge in [-0.1, -0.05) is 19.1 Å². The van der Waals surface area contributed by atoms with Crippen LogP contribution in [0.3, 0.4) is 0 Å². The van der Waals surface area contributed by atoms with E-state index in [1.54, 1.807) is 36.6 Å². The van der Waals surface area contributed by atoms with Gasteiger partial charge in [0.1, 0.15) is 5.76 Å². The van der Waals surface area contributed by atoms with Gasteiger partial charge in [0.05, 0.1) is 22.5 Å². The van der Waals surface area contributed by atoms with Crippen LogP contribution in [0.2, 0.25) is 0 Å². The molecule has 140 valence electrons.